The molecule has 0 aromatic rings. The normalized spacial score (nSPS) is 25.1. The zero-order valence-corrected chi connectivity index (χ0v) is 5.78. The second kappa shape index (κ2) is 2.88. The molecule has 3 nitrogen and oxygen atoms in total. The summed E-state index contributed by atoms with van der Waals surface area (Å²) < 4.78 is 4.49. The van der Waals surface area contributed by atoms with E-state index in [0.29, 0.717) is 6.54 Å². The zero-order chi connectivity index (χ0) is 7.56. The van der Waals surface area contributed by atoms with Gasteiger partial charge in [-0.1, -0.05) is 12.2 Å². The third-order valence-electron chi connectivity index (χ3n) is 1.43. The first-order chi connectivity index (χ1) is 4.75. The van der Waals surface area contributed by atoms with Crippen molar-refractivity contribution in [2.24, 2.45) is 0 Å². The van der Waals surface area contributed by atoms with Gasteiger partial charge in [-0.25, -0.2) is 0 Å². The van der Waals surface area contributed by atoms with E-state index in [4.69, 9.17) is 7.98 Å². The highest BCUT2D eigenvalue weighted by atomic mass is 16.5. The van der Waals surface area contributed by atoms with Crippen LogP contribution in [0, 0.1) is 0 Å². The van der Waals surface area contributed by atoms with E-state index in [0.717, 1.165) is 0 Å². The van der Waals surface area contributed by atoms with Gasteiger partial charge in [0.05, 0.1) is 7.11 Å². The highest BCUT2D eigenvalue weighted by molar-refractivity contribution is 6.07. The van der Waals surface area contributed by atoms with Gasteiger partial charge in [0.2, 0.25) is 0 Å². The Hall–Kier alpha value is -0.765. The fraction of sp³-hybridized carbons (Fsp3) is 0.500. The van der Waals surface area contributed by atoms with Gasteiger partial charge in [-0.15, -0.1) is 0 Å². The average molecular weight is 137 g/mol. The molecule has 0 amide bonds. The van der Waals surface area contributed by atoms with E-state index in [2.05, 4.69) is 4.74 Å². The third-order valence-corrected chi connectivity index (χ3v) is 1.43. The Morgan fingerprint density at radius 2 is 2.60 bits per heavy atom. The molecule has 1 aliphatic rings. The lowest BCUT2D eigenvalue weighted by atomic mass is 10.2. The second-order valence-electron chi connectivity index (χ2n) is 2.09. The summed E-state index contributed by atoms with van der Waals surface area (Å²) in [6, 6.07) is -0.384. The minimum atomic E-state index is -0.384. The predicted octanol–water partition coefficient (Wildman–Crippen LogP) is -0.517. The summed E-state index contributed by atoms with van der Waals surface area (Å²) in [6.07, 6.45) is 3.56. The molecule has 0 N–H and O–H groups in total. The maximum absolute atomic E-state index is 10.8. The smallest absolute Gasteiger partial charge is 0.326 e. The topological polar surface area (TPSA) is 29.5 Å². The molecule has 0 fully saturated rings. The highest BCUT2D eigenvalue weighted by Crippen LogP contribution is 2.06. The van der Waals surface area contributed by atoms with E-state index < -0.39 is 0 Å². The molecule has 0 saturated carbocycles. The molecule has 1 atom stereocenters. The van der Waals surface area contributed by atoms with E-state index in [1.54, 1.807) is 6.08 Å². The standard InChI is InChI=1S/C6H8BNO2/c1-10-6(9)5-3-2-4-8(5)7/h2-3,5H,4H2,1H3/t5-/m0/s1. The predicted molar refractivity (Wildman–Crippen MR) is 37.4 cm³/mol. The number of carbonyl (C=O) groups is 1. The number of rotatable bonds is 1. The van der Waals surface area contributed by atoms with Gasteiger partial charge in [-0.2, -0.15) is 0 Å². The van der Waals surface area contributed by atoms with Crippen LogP contribution in [0.25, 0.3) is 0 Å². The minimum Gasteiger partial charge on any atom is -0.468 e. The molecule has 0 unspecified atom stereocenters. The molecule has 1 heterocycles. The first kappa shape index (κ1) is 7.34. The third kappa shape index (κ3) is 1.21. The van der Waals surface area contributed by atoms with Crippen molar-refractivity contribution in [2.75, 3.05) is 13.7 Å². The number of nitrogens with zero attached hydrogens (tertiary/aromatic N) is 1. The Morgan fingerprint density at radius 3 is 3.00 bits per heavy atom. The molecular formula is C6H8BNO2. The maximum atomic E-state index is 10.8. The monoisotopic (exact) mass is 137 g/mol. The molecule has 4 heteroatoms. The molecule has 2 radical (unpaired) electrons. The van der Waals surface area contributed by atoms with Crippen LogP contribution >= 0.6 is 0 Å². The van der Waals surface area contributed by atoms with Crippen molar-refractivity contribution in [1.82, 2.24) is 4.81 Å². The van der Waals surface area contributed by atoms with Crippen LogP contribution in [0.5, 0.6) is 0 Å². The van der Waals surface area contributed by atoms with E-state index in [1.165, 1.54) is 11.9 Å². The molecule has 52 valence electrons. The largest absolute Gasteiger partial charge is 0.468 e. The number of ether oxygens (including phenoxy) is 1. The SMILES string of the molecule is [B]N1CC=C[C@H]1C(=O)OC. The van der Waals surface area contributed by atoms with Crippen LogP contribution in [0.4, 0.5) is 0 Å². The van der Waals surface area contributed by atoms with Gasteiger partial charge in [0, 0.05) is 6.54 Å². The Balaban J connectivity index is 2.55. The zero-order valence-electron chi connectivity index (χ0n) is 5.78. The number of hydrogen-bond donors (Lipinski definition) is 0. The molecule has 0 aromatic carbocycles. The van der Waals surface area contributed by atoms with Crippen molar-refractivity contribution in [1.29, 1.82) is 0 Å². The fourth-order valence-corrected chi connectivity index (χ4v) is 0.870. The Morgan fingerprint density at radius 1 is 1.90 bits per heavy atom. The molecule has 0 bridgehead atoms. The molecule has 1 rings (SSSR count). The molecule has 0 spiro atoms. The molecule has 0 aliphatic carbocycles. The Kier molecular flexibility index (Phi) is 2.11. The van der Waals surface area contributed by atoms with Gasteiger partial charge in [-0.05, 0) is 0 Å². The summed E-state index contributed by atoms with van der Waals surface area (Å²) in [5.41, 5.74) is 0. The van der Waals surface area contributed by atoms with Gasteiger partial charge >= 0.3 is 5.97 Å². The lowest BCUT2D eigenvalue weighted by Crippen LogP contribution is -2.35. The van der Waals surface area contributed by atoms with Crippen molar-refractivity contribution >= 4 is 14.0 Å². The van der Waals surface area contributed by atoms with Crippen LogP contribution in [0.2, 0.25) is 0 Å². The van der Waals surface area contributed by atoms with Gasteiger partial charge in [0.25, 0.3) is 0 Å². The minimum absolute atomic E-state index is 0.309. The molecule has 10 heavy (non-hydrogen) atoms. The first-order valence-electron chi connectivity index (χ1n) is 3.01. The summed E-state index contributed by atoms with van der Waals surface area (Å²) in [7, 11) is 6.78. The molecular weight excluding hydrogens is 129 g/mol. The van der Waals surface area contributed by atoms with Crippen LogP contribution in [0.15, 0.2) is 12.2 Å². The van der Waals surface area contributed by atoms with Gasteiger partial charge in [0.1, 0.15) is 6.04 Å². The van der Waals surface area contributed by atoms with Crippen LogP contribution in [0.3, 0.4) is 0 Å². The lowest BCUT2D eigenvalue weighted by molar-refractivity contribution is -0.143. The Bertz CT molecular complexity index is 169. The van der Waals surface area contributed by atoms with E-state index in [9.17, 15) is 4.79 Å². The van der Waals surface area contributed by atoms with Gasteiger partial charge in [-0.3, -0.25) is 4.79 Å². The molecule has 0 aromatic heterocycles. The Labute approximate surface area is 61.1 Å². The summed E-state index contributed by atoms with van der Waals surface area (Å²) in [4.78, 5) is 12.3. The molecule has 1 aliphatic heterocycles. The van der Waals surface area contributed by atoms with E-state index in [1.807, 2.05) is 6.08 Å². The quantitative estimate of drug-likeness (QED) is 0.276. The van der Waals surface area contributed by atoms with E-state index >= 15 is 0 Å². The van der Waals surface area contributed by atoms with Crippen LogP contribution < -0.4 is 0 Å². The number of methoxy groups -OCH3 is 1. The first-order valence-corrected chi connectivity index (χ1v) is 3.01. The number of carbonyl (C=O) groups excluding carboxylic acids is 1. The van der Waals surface area contributed by atoms with Crippen molar-refractivity contribution in [2.45, 2.75) is 6.04 Å². The lowest BCUT2D eigenvalue weighted by Gasteiger charge is -2.16. The van der Waals surface area contributed by atoms with Crippen molar-refractivity contribution in [3.63, 3.8) is 0 Å². The summed E-state index contributed by atoms with van der Waals surface area (Å²) in [6.45, 7) is 0.611. The van der Waals surface area contributed by atoms with Gasteiger partial charge in [0.15, 0.2) is 7.98 Å². The van der Waals surface area contributed by atoms with Crippen LogP contribution in [-0.2, 0) is 9.53 Å². The highest BCUT2D eigenvalue weighted by Gasteiger charge is 2.22. The van der Waals surface area contributed by atoms with Crippen LogP contribution in [0.1, 0.15) is 0 Å². The van der Waals surface area contributed by atoms with Crippen LogP contribution in [-0.4, -0.2) is 38.5 Å². The van der Waals surface area contributed by atoms with Gasteiger partial charge < -0.3 is 9.55 Å². The maximum Gasteiger partial charge on any atom is 0.326 e. The number of hydrogen-bond acceptors (Lipinski definition) is 3. The average Bonchev–Trinajstić information content (AvgIpc) is 2.34. The second-order valence-corrected chi connectivity index (χ2v) is 2.09. The summed E-state index contributed by atoms with van der Waals surface area (Å²) >= 11 is 0. The van der Waals surface area contributed by atoms with Crippen molar-refractivity contribution < 1.29 is 9.53 Å². The van der Waals surface area contributed by atoms with Crippen molar-refractivity contribution in [3.8, 4) is 0 Å². The summed E-state index contributed by atoms with van der Waals surface area (Å²) in [5, 5.41) is 0. The van der Waals surface area contributed by atoms with Crippen molar-refractivity contribution in [3.05, 3.63) is 12.2 Å². The van der Waals surface area contributed by atoms with E-state index in [-0.39, 0.29) is 12.0 Å². The fourth-order valence-electron chi connectivity index (χ4n) is 0.870. The number of esters is 1. The summed E-state index contributed by atoms with van der Waals surface area (Å²) in [5.74, 6) is -0.309. The molecule has 0 saturated heterocycles.